The molecule has 6 heteroatoms. The van der Waals surface area contributed by atoms with Gasteiger partial charge in [-0.05, 0) is 19.3 Å². The molecule has 0 spiro atoms. The lowest BCUT2D eigenvalue weighted by Crippen LogP contribution is -2.30. The van der Waals surface area contributed by atoms with Gasteiger partial charge in [-0.25, -0.2) is 0 Å². The summed E-state index contributed by atoms with van der Waals surface area (Å²) < 4.78 is 5.23. The first-order chi connectivity index (χ1) is 9.55. The van der Waals surface area contributed by atoms with E-state index in [4.69, 9.17) is 4.52 Å². The van der Waals surface area contributed by atoms with Crippen molar-refractivity contribution in [1.29, 1.82) is 0 Å². The van der Waals surface area contributed by atoms with Crippen LogP contribution in [0.4, 0.5) is 0 Å². The number of hydrogen-bond acceptors (Lipinski definition) is 5. The Kier molecular flexibility index (Phi) is 5.07. The van der Waals surface area contributed by atoms with Crippen LogP contribution in [0, 0.1) is 5.41 Å². The highest BCUT2D eigenvalue weighted by Crippen LogP contribution is 2.41. The van der Waals surface area contributed by atoms with Crippen molar-refractivity contribution in [2.45, 2.75) is 63.4 Å². The van der Waals surface area contributed by atoms with Crippen molar-refractivity contribution < 1.29 is 14.4 Å². The van der Waals surface area contributed by atoms with E-state index in [2.05, 4.69) is 24.0 Å². The van der Waals surface area contributed by atoms with Gasteiger partial charge in [-0.1, -0.05) is 31.8 Å². The molecule has 1 aromatic rings. The molecule has 1 aliphatic rings. The van der Waals surface area contributed by atoms with Crippen molar-refractivity contribution in [3.63, 3.8) is 0 Å². The van der Waals surface area contributed by atoms with Gasteiger partial charge in [0.1, 0.15) is 0 Å². The Bertz CT molecular complexity index is 455. The van der Waals surface area contributed by atoms with Crippen molar-refractivity contribution in [2.75, 3.05) is 0 Å². The first-order valence-electron chi connectivity index (χ1n) is 7.22. The van der Waals surface area contributed by atoms with E-state index >= 15 is 0 Å². The molecule has 1 fully saturated rings. The Morgan fingerprint density at radius 2 is 2.20 bits per heavy atom. The highest BCUT2D eigenvalue weighted by molar-refractivity contribution is 7.99. The van der Waals surface area contributed by atoms with Crippen LogP contribution in [0.25, 0.3) is 0 Å². The Labute approximate surface area is 123 Å². The predicted octanol–water partition coefficient (Wildman–Crippen LogP) is 3.29. The van der Waals surface area contributed by atoms with E-state index in [-0.39, 0.29) is 0 Å². The molecule has 1 saturated carbocycles. The van der Waals surface area contributed by atoms with Crippen LogP contribution in [-0.2, 0) is 17.0 Å². The summed E-state index contributed by atoms with van der Waals surface area (Å²) in [5.74, 6) is 1.13. The summed E-state index contributed by atoms with van der Waals surface area (Å²) in [5, 5.41) is 14.0. The minimum atomic E-state index is -0.733. The Morgan fingerprint density at radius 1 is 1.50 bits per heavy atom. The second-order valence-electron chi connectivity index (χ2n) is 5.60. The normalized spacial score (nSPS) is 19.1. The molecular formula is C14H22N2O3S. The van der Waals surface area contributed by atoms with Crippen molar-refractivity contribution in [3.05, 3.63) is 11.7 Å². The third-order valence-electron chi connectivity index (χ3n) is 4.09. The fourth-order valence-electron chi connectivity index (χ4n) is 2.56. The van der Waals surface area contributed by atoms with E-state index in [9.17, 15) is 9.90 Å². The van der Waals surface area contributed by atoms with Gasteiger partial charge >= 0.3 is 5.97 Å². The van der Waals surface area contributed by atoms with Crippen molar-refractivity contribution in [3.8, 4) is 0 Å². The van der Waals surface area contributed by atoms with Gasteiger partial charge in [0.05, 0.1) is 11.2 Å². The SMILES string of the molecule is CCC(C)SCc1noc(CC2(C(=O)O)CCCC2)n1. The van der Waals surface area contributed by atoms with Crippen LogP contribution in [0.5, 0.6) is 0 Å². The lowest BCUT2D eigenvalue weighted by Gasteiger charge is -2.21. The quantitative estimate of drug-likeness (QED) is 0.832. The molecule has 0 bridgehead atoms. The number of carbonyl (C=O) groups is 1. The summed E-state index contributed by atoms with van der Waals surface area (Å²) in [6, 6.07) is 0. The molecular weight excluding hydrogens is 276 g/mol. The number of thioether (sulfide) groups is 1. The number of rotatable bonds is 7. The fourth-order valence-corrected chi connectivity index (χ4v) is 3.35. The van der Waals surface area contributed by atoms with Crippen LogP contribution in [0.3, 0.4) is 0 Å². The van der Waals surface area contributed by atoms with Gasteiger partial charge in [0.25, 0.3) is 0 Å². The standard InChI is InChI=1S/C14H22N2O3S/c1-3-10(2)20-9-11-15-12(19-16-11)8-14(13(17)18)6-4-5-7-14/h10H,3-9H2,1-2H3,(H,17,18). The van der Waals surface area contributed by atoms with Gasteiger partial charge in [-0.2, -0.15) is 16.7 Å². The lowest BCUT2D eigenvalue weighted by molar-refractivity contribution is -0.148. The lowest BCUT2D eigenvalue weighted by atomic mass is 9.83. The smallest absolute Gasteiger partial charge is 0.310 e. The van der Waals surface area contributed by atoms with Gasteiger partial charge in [-0.3, -0.25) is 4.79 Å². The average molecular weight is 298 g/mol. The van der Waals surface area contributed by atoms with Crippen molar-refractivity contribution in [1.82, 2.24) is 10.1 Å². The van der Waals surface area contributed by atoms with E-state index in [1.807, 2.05) is 0 Å². The van der Waals surface area contributed by atoms with E-state index in [1.54, 1.807) is 11.8 Å². The number of nitrogens with zero attached hydrogens (tertiary/aromatic N) is 2. The van der Waals surface area contributed by atoms with Gasteiger partial charge < -0.3 is 9.63 Å². The molecule has 0 aliphatic heterocycles. The third kappa shape index (κ3) is 3.53. The summed E-state index contributed by atoms with van der Waals surface area (Å²) in [7, 11) is 0. The highest BCUT2D eigenvalue weighted by Gasteiger charge is 2.42. The predicted molar refractivity (Wildman–Crippen MR) is 77.6 cm³/mol. The second-order valence-corrected chi connectivity index (χ2v) is 7.03. The third-order valence-corrected chi connectivity index (χ3v) is 5.41. The highest BCUT2D eigenvalue weighted by atomic mass is 32.2. The fraction of sp³-hybridized carbons (Fsp3) is 0.786. The molecule has 1 N–H and O–H groups in total. The maximum absolute atomic E-state index is 11.5. The molecule has 1 atom stereocenters. The number of aromatic nitrogens is 2. The molecule has 0 radical (unpaired) electrons. The van der Waals surface area contributed by atoms with Gasteiger partial charge in [-0.15, -0.1) is 0 Å². The average Bonchev–Trinajstić information content (AvgIpc) is 3.06. The molecule has 112 valence electrons. The monoisotopic (exact) mass is 298 g/mol. The summed E-state index contributed by atoms with van der Waals surface area (Å²) >= 11 is 1.79. The molecule has 1 aliphatic carbocycles. The molecule has 2 rings (SSSR count). The minimum absolute atomic E-state index is 0.364. The van der Waals surface area contributed by atoms with Crippen LogP contribution < -0.4 is 0 Å². The Hall–Kier alpha value is -1.04. The zero-order valence-corrected chi connectivity index (χ0v) is 12.9. The number of carboxylic acids is 1. The van der Waals surface area contributed by atoms with Crippen LogP contribution in [0.1, 0.15) is 57.7 Å². The molecule has 1 unspecified atom stereocenters. The van der Waals surface area contributed by atoms with Crippen LogP contribution in [0.2, 0.25) is 0 Å². The van der Waals surface area contributed by atoms with Gasteiger partial charge in [0.15, 0.2) is 5.82 Å². The first kappa shape index (κ1) is 15.4. The largest absolute Gasteiger partial charge is 0.481 e. The van der Waals surface area contributed by atoms with Crippen LogP contribution >= 0.6 is 11.8 Å². The van der Waals surface area contributed by atoms with Gasteiger partial charge in [0.2, 0.25) is 5.89 Å². The Morgan fingerprint density at radius 3 is 2.80 bits per heavy atom. The zero-order chi connectivity index (χ0) is 14.6. The molecule has 20 heavy (non-hydrogen) atoms. The van der Waals surface area contributed by atoms with Crippen molar-refractivity contribution >= 4 is 17.7 Å². The van der Waals surface area contributed by atoms with E-state index in [1.165, 1.54) is 0 Å². The molecule has 1 aromatic heterocycles. The minimum Gasteiger partial charge on any atom is -0.481 e. The first-order valence-corrected chi connectivity index (χ1v) is 8.27. The molecule has 0 amide bonds. The number of hydrogen-bond donors (Lipinski definition) is 1. The summed E-state index contributed by atoms with van der Waals surface area (Å²) in [4.78, 5) is 15.8. The zero-order valence-electron chi connectivity index (χ0n) is 12.1. The molecule has 5 nitrogen and oxygen atoms in total. The Balaban J connectivity index is 1.96. The van der Waals surface area contributed by atoms with Crippen molar-refractivity contribution in [2.24, 2.45) is 5.41 Å². The molecule has 1 heterocycles. The van der Waals surface area contributed by atoms with E-state index in [0.29, 0.717) is 36.2 Å². The second kappa shape index (κ2) is 6.61. The van der Waals surface area contributed by atoms with E-state index in [0.717, 1.165) is 25.0 Å². The maximum atomic E-state index is 11.5. The summed E-state index contributed by atoms with van der Waals surface area (Å²) in [6.07, 6.45) is 4.83. The molecule has 0 saturated heterocycles. The van der Waals surface area contributed by atoms with Crippen LogP contribution in [-0.4, -0.2) is 26.5 Å². The van der Waals surface area contributed by atoms with E-state index < -0.39 is 11.4 Å². The number of aliphatic carboxylic acids is 1. The summed E-state index contributed by atoms with van der Waals surface area (Å²) in [6.45, 7) is 4.32. The molecule has 0 aromatic carbocycles. The van der Waals surface area contributed by atoms with Gasteiger partial charge in [0, 0.05) is 11.7 Å². The summed E-state index contributed by atoms with van der Waals surface area (Å²) in [5.41, 5.74) is -0.687. The van der Waals surface area contributed by atoms with Crippen LogP contribution in [0.15, 0.2) is 4.52 Å². The number of carboxylic acid groups (broad SMARTS) is 1. The topological polar surface area (TPSA) is 76.2 Å². The maximum Gasteiger partial charge on any atom is 0.310 e.